The highest BCUT2D eigenvalue weighted by molar-refractivity contribution is 5.85. The van der Waals surface area contributed by atoms with E-state index >= 15 is 0 Å². The number of carbonyl (C=O) groups excluding carboxylic acids is 3. The van der Waals surface area contributed by atoms with Crippen LogP contribution in [0.5, 0.6) is 0 Å². The van der Waals surface area contributed by atoms with Gasteiger partial charge in [-0.3, -0.25) is 9.59 Å². The van der Waals surface area contributed by atoms with Gasteiger partial charge in [0.2, 0.25) is 5.91 Å². The summed E-state index contributed by atoms with van der Waals surface area (Å²) >= 11 is 0. The van der Waals surface area contributed by atoms with Gasteiger partial charge < -0.3 is 29.7 Å². The second-order valence-electron chi connectivity index (χ2n) is 5.55. The number of carbonyl (C=O) groups is 5. The number of ketones is 1. The Morgan fingerprint density at radius 2 is 1.44 bits per heavy atom. The fraction of sp³-hybridized carbons (Fsp3) is 0.688. The maximum absolute atomic E-state index is 11.7. The van der Waals surface area contributed by atoms with Gasteiger partial charge in [-0.25, -0.2) is 14.4 Å². The molecule has 0 heterocycles. The molecule has 0 fully saturated rings. The molecule has 0 radical (unpaired) electrons. The number of ether oxygens (including phenoxy) is 3. The van der Waals surface area contributed by atoms with Crippen molar-refractivity contribution in [2.24, 2.45) is 0 Å². The van der Waals surface area contributed by atoms with Crippen LogP contribution < -0.4 is 5.32 Å². The predicted octanol–water partition coefficient (Wildman–Crippen LogP) is -0.634. The van der Waals surface area contributed by atoms with Crippen LogP contribution in [0.1, 0.15) is 32.1 Å². The molecule has 0 aliphatic rings. The van der Waals surface area contributed by atoms with Crippen LogP contribution in [0.4, 0.5) is 0 Å². The molecule has 0 aromatic carbocycles. The molecule has 3 N–H and O–H groups in total. The van der Waals surface area contributed by atoms with E-state index in [0.29, 0.717) is 19.3 Å². The van der Waals surface area contributed by atoms with Gasteiger partial charge in [0.1, 0.15) is 32.5 Å². The zero-order valence-corrected chi connectivity index (χ0v) is 15.1. The van der Waals surface area contributed by atoms with Crippen molar-refractivity contribution in [2.45, 2.75) is 38.1 Å². The van der Waals surface area contributed by atoms with Gasteiger partial charge in [-0.15, -0.1) is 0 Å². The normalized spacial score (nSPS) is 11.4. The fourth-order valence-electron chi connectivity index (χ4n) is 2.03. The Kier molecular flexibility index (Phi) is 13.2. The average Bonchev–Trinajstić information content (AvgIpc) is 2.59. The molecule has 0 unspecified atom stereocenters. The first kappa shape index (κ1) is 24.5. The highest BCUT2D eigenvalue weighted by Crippen LogP contribution is 2.08. The van der Waals surface area contributed by atoms with Crippen LogP contribution in [0.25, 0.3) is 0 Å². The third-order valence-electron chi connectivity index (χ3n) is 3.22. The summed E-state index contributed by atoms with van der Waals surface area (Å²) in [6, 6.07) is -0.898. The van der Waals surface area contributed by atoms with Crippen molar-refractivity contribution in [3.05, 3.63) is 0 Å². The number of hydrogen-bond acceptors (Lipinski definition) is 8. The molecule has 1 atom stereocenters. The minimum Gasteiger partial charge on any atom is -0.480 e. The smallest absolute Gasteiger partial charge is 0.329 e. The predicted molar refractivity (Wildman–Crippen MR) is 88.9 cm³/mol. The summed E-state index contributed by atoms with van der Waals surface area (Å²) in [4.78, 5) is 55.4. The molecule has 0 spiro atoms. The first-order chi connectivity index (χ1) is 12.8. The van der Waals surface area contributed by atoms with Gasteiger partial charge in [-0.1, -0.05) is 12.8 Å². The molecular formula is C16H25NO10. The average molecular weight is 391 g/mol. The minimum absolute atomic E-state index is 0.218. The third-order valence-corrected chi connectivity index (χ3v) is 3.22. The van der Waals surface area contributed by atoms with Gasteiger partial charge in [0.25, 0.3) is 0 Å². The highest BCUT2D eigenvalue weighted by atomic mass is 16.5. The van der Waals surface area contributed by atoms with E-state index in [4.69, 9.17) is 10.2 Å². The Hall–Kier alpha value is -2.53. The number of unbranched alkanes of at least 4 members (excludes halogenated alkanes) is 2. The standard InChI is InChI=1S/C16H25NO10/c1-25-16(24)12(17-13(19)8-27-10-15(22)23)6-4-2-3-5-11(18)7-26-9-14(20)21/h12H,2-10H2,1H3,(H,17,19)(H,20,21)(H,22,23)/t12-/m0/s1. The van der Waals surface area contributed by atoms with Crippen LogP contribution in [-0.2, 0) is 38.2 Å². The Morgan fingerprint density at radius 3 is 2.00 bits per heavy atom. The second-order valence-corrected chi connectivity index (χ2v) is 5.55. The fourth-order valence-corrected chi connectivity index (χ4v) is 2.03. The topological polar surface area (TPSA) is 166 Å². The number of carboxylic acid groups (broad SMARTS) is 2. The number of aliphatic carboxylic acids is 2. The molecule has 0 saturated heterocycles. The molecule has 1 amide bonds. The number of amides is 1. The van der Waals surface area contributed by atoms with Crippen molar-refractivity contribution in [3.63, 3.8) is 0 Å². The molecule has 0 aromatic heterocycles. The summed E-state index contributed by atoms with van der Waals surface area (Å²) in [5.41, 5.74) is 0. The maximum atomic E-state index is 11.7. The van der Waals surface area contributed by atoms with E-state index in [1.54, 1.807) is 0 Å². The van der Waals surface area contributed by atoms with Crippen molar-refractivity contribution >= 4 is 29.6 Å². The number of methoxy groups -OCH3 is 1. The summed E-state index contributed by atoms with van der Waals surface area (Å²) in [7, 11) is 1.18. The van der Waals surface area contributed by atoms with Crippen LogP contribution in [-0.4, -0.2) is 79.4 Å². The molecule has 0 aliphatic heterocycles. The quantitative estimate of drug-likeness (QED) is 0.228. The molecular weight excluding hydrogens is 366 g/mol. The number of nitrogens with one attached hydrogen (secondary N) is 1. The zero-order valence-electron chi connectivity index (χ0n) is 15.1. The Labute approximate surface area is 155 Å². The number of carboxylic acids is 2. The van der Waals surface area contributed by atoms with Crippen LogP contribution in [0, 0.1) is 0 Å². The molecule has 27 heavy (non-hydrogen) atoms. The monoisotopic (exact) mass is 391 g/mol. The van der Waals surface area contributed by atoms with Crippen molar-refractivity contribution in [1.82, 2.24) is 5.32 Å². The SMILES string of the molecule is COC(=O)[C@H](CCCCCC(=O)COCC(=O)O)NC(=O)COCC(=O)O. The summed E-state index contributed by atoms with van der Waals surface area (Å²) in [6.45, 7) is -1.91. The Bertz CT molecular complexity index is 519. The zero-order chi connectivity index (χ0) is 20.7. The molecule has 0 rings (SSSR count). The van der Waals surface area contributed by atoms with Crippen molar-refractivity contribution < 1.29 is 48.4 Å². The van der Waals surface area contributed by atoms with E-state index in [1.807, 2.05) is 0 Å². The van der Waals surface area contributed by atoms with E-state index < -0.39 is 49.7 Å². The molecule has 0 aliphatic carbocycles. The van der Waals surface area contributed by atoms with Gasteiger partial charge in [-0.05, 0) is 12.8 Å². The Balaban J connectivity index is 4.05. The van der Waals surface area contributed by atoms with Crippen LogP contribution >= 0.6 is 0 Å². The van der Waals surface area contributed by atoms with Gasteiger partial charge in [0.15, 0.2) is 5.78 Å². The maximum Gasteiger partial charge on any atom is 0.329 e. The van der Waals surface area contributed by atoms with Gasteiger partial charge >= 0.3 is 17.9 Å². The van der Waals surface area contributed by atoms with Crippen LogP contribution in [0.15, 0.2) is 0 Å². The summed E-state index contributed by atoms with van der Waals surface area (Å²) < 4.78 is 13.9. The van der Waals surface area contributed by atoms with Crippen LogP contribution in [0.3, 0.4) is 0 Å². The molecule has 11 heteroatoms. The number of rotatable bonds is 16. The van der Waals surface area contributed by atoms with Gasteiger partial charge in [0, 0.05) is 6.42 Å². The summed E-state index contributed by atoms with van der Waals surface area (Å²) in [5.74, 6) is -3.86. The van der Waals surface area contributed by atoms with E-state index in [-0.39, 0.29) is 25.2 Å². The van der Waals surface area contributed by atoms with Gasteiger partial charge in [0.05, 0.1) is 7.11 Å². The second kappa shape index (κ2) is 14.6. The molecule has 0 saturated carbocycles. The number of Topliss-reactive ketones (excluding diaryl/α,β-unsaturated/α-hetero) is 1. The molecule has 11 nitrogen and oxygen atoms in total. The summed E-state index contributed by atoms with van der Waals surface area (Å²) in [5, 5.41) is 19.2. The number of hydrogen-bond donors (Lipinski definition) is 3. The van der Waals surface area contributed by atoms with Crippen molar-refractivity contribution in [1.29, 1.82) is 0 Å². The van der Waals surface area contributed by atoms with Crippen molar-refractivity contribution in [3.8, 4) is 0 Å². The van der Waals surface area contributed by atoms with Crippen molar-refractivity contribution in [2.75, 3.05) is 33.5 Å². The summed E-state index contributed by atoms with van der Waals surface area (Å²) in [6.07, 6.45) is 2.15. The van der Waals surface area contributed by atoms with Gasteiger partial charge in [-0.2, -0.15) is 0 Å². The van der Waals surface area contributed by atoms with E-state index in [9.17, 15) is 24.0 Å². The lowest BCUT2D eigenvalue weighted by Crippen LogP contribution is -2.43. The Morgan fingerprint density at radius 1 is 0.852 bits per heavy atom. The lowest BCUT2D eigenvalue weighted by molar-refractivity contribution is -0.148. The molecule has 0 aromatic rings. The molecule has 154 valence electrons. The lowest BCUT2D eigenvalue weighted by Gasteiger charge is -2.16. The minimum atomic E-state index is -1.21. The first-order valence-electron chi connectivity index (χ1n) is 8.24. The number of esters is 1. The van der Waals surface area contributed by atoms with E-state index in [2.05, 4.69) is 19.5 Å². The third kappa shape index (κ3) is 14.3. The van der Waals surface area contributed by atoms with E-state index in [1.165, 1.54) is 7.11 Å². The lowest BCUT2D eigenvalue weighted by atomic mass is 10.1. The molecule has 0 bridgehead atoms. The highest BCUT2D eigenvalue weighted by Gasteiger charge is 2.21. The van der Waals surface area contributed by atoms with Crippen LogP contribution in [0.2, 0.25) is 0 Å². The largest absolute Gasteiger partial charge is 0.480 e. The first-order valence-corrected chi connectivity index (χ1v) is 8.24. The van der Waals surface area contributed by atoms with E-state index in [0.717, 1.165) is 0 Å².